The standard InChI is InChI=1S/C21H25N3O3/c1-16-4-10-19(11-5-16)27-14-12-22-21(26)23-15-17-6-8-18(9-7-17)24-13-2-3-20(24)25/h4-11H,2-3,12-15H2,1H3,(H2,22,23,26). The van der Waals surface area contributed by atoms with Gasteiger partial charge in [0.1, 0.15) is 12.4 Å². The Morgan fingerprint density at radius 2 is 1.81 bits per heavy atom. The molecule has 0 unspecified atom stereocenters. The molecule has 3 amide bonds. The molecule has 0 atom stereocenters. The van der Waals surface area contributed by atoms with Gasteiger partial charge in [0.05, 0.1) is 6.54 Å². The lowest BCUT2D eigenvalue weighted by Crippen LogP contribution is -2.37. The summed E-state index contributed by atoms with van der Waals surface area (Å²) in [5, 5.41) is 5.59. The summed E-state index contributed by atoms with van der Waals surface area (Å²) in [7, 11) is 0. The van der Waals surface area contributed by atoms with E-state index in [1.165, 1.54) is 5.56 Å². The van der Waals surface area contributed by atoms with Gasteiger partial charge in [-0.25, -0.2) is 4.79 Å². The number of nitrogens with zero attached hydrogens (tertiary/aromatic N) is 1. The molecule has 0 saturated carbocycles. The van der Waals surface area contributed by atoms with Gasteiger partial charge in [-0.05, 0) is 43.2 Å². The molecule has 142 valence electrons. The van der Waals surface area contributed by atoms with Crippen LogP contribution in [0.15, 0.2) is 48.5 Å². The van der Waals surface area contributed by atoms with Crippen LogP contribution in [0.5, 0.6) is 5.75 Å². The molecule has 0 aliphatic carbocycles. The highest BCUT2D eigenvalue weighted by Gasteiger charge is 2.21. The fraction of sp³-hybridized carbons (Fsp3) is 0.333. The molecule has 2 aromatic rings. The van der Waals surface area contributed by atoms with E-state index in [2.05, 4.69) is 10.6 Å². The number of aryl methyl sites for hydroxylation is 1. The van der Waals surface area contributed by atoms with Crippen molar-refractivity contribution in [3.05, 3.63) is 59.7 Å². The second-order valence-corrected chi connectivity index (χ2v) is 6.59. The highest BCUT2D eigenvalue weighted by molar-refractivity contribution is 5.95. The molecule has 1 aliphatic heterocycles. The number of hydrogen-bond acceptors (Lipinski definition) is 3. The molecule has 6 nitrogen and oxygen atoms in total. The summed E-state index contributed by atoms with van der Waals surface area (Å²) in [6.07, 6.45) is 1.53. The minimum Gasteiger partial charge on any atom is -0.492 e. The molecule has 0 aromatic heterocycles. The van der Waals surface area contributed by atoms with Crippen molar-refractivity contribution < 1.29 is 14.3 Å². The lowest BCUT2D eigenvalue weighted by atomic mass is 10.2. The summed E-state index contributed by atoms with van der Waals surface area (Å²) < 4.78 is 5.57. The van der Waals surface area contributed by atoms with E-state index >= 15 is 0 Å². The van der Waals surface area contributed by atoms with Crippen LogP contribution in [0.4, 0.5) is 10.5 Å². The Morgan fingerprint density at radius 3 is 2.48 bits per heavy atom. The van der Waals surface area contributed by atoms with Crippen LogP contribution in [0.3, 0.4) is 0 Å². The van der Waals surface area contributed by atoms with Gasteiger partial charge >= 0.3 is 6.03 Å². The molecule has 0 spiro atoms. The van der Waals surface area contributed by atoms with Crippen molar-refractivity contribution in [1.29, 1.82) is 0 Å². The zero-order valence-electron chi connectivity index (χ0n) is 15.5. The van der Waals surface area contributed by atoms with Crippen molar-refractivity contribution in [2.45, 2.75) is 26.3 Å². The van der Waals surface area contributed by atoms with E-state index in [0.29, 0.717) is 26.1 Å². The predicted molar refractivity (Wildman–Crippen MR) is 105 cm³/mol. The maximum Gasteiger partial charge on any atom is 0.315 e. The first-order chi connectivity index (χ1) is 13.1. The number of nitrogens with one attached hydrogen (secondary N) is 2. The fourth-order valence-electron chi connectivity index (χ4n) is 2.93. The Morgan fingerprint density at radius 1 is 1.07 bits per heavy atom. The number of anilines is 1. The average molecular weight is 367 g/mol. The largest absolute Gasteiger partial charge is 0.492 e. The number of carbonyl (C=O) groups is 2. The smallest absolute Gasteiger partial charge is 0.315 e. The molecular formula is C21H25N3O3. The summed E-state index contributed by atoms with van der Waals surface area (Å²) in [4.78, 5) is 25.4. The molecular weight excluding hydrogens is 342 g/mol. The zero-order valence-corrected chi connectivity index (χ0v) is 15.5. The molecule has 1 fully saturated rings. The minimum absolute atomic E-state index is 0.174. The average Bonchev–Trinajstić information content (AvgIpc) is 3.11. The van der Waals surface area contributed by atoms with Crippen molar-refractivity contribution in [1.82, 2.24) is 10.6 Å². The summed E-state index contributed by atoms with van der Waals surface area (Å²) >= 11 is 0. The number of hydrogen-bond donors (Lipinski definition) is 2. The minimum atomic E-state index is -0.235. The van der Waals surface area contributed by atoms with E-state index in [1.807, 2.05) is 55.5 Å². The van der Waals surface area contributed by atoms with E-state index in [0.717, 1.165) is 30.0 Å². The first-order valence-corrected chi connectivity index (χ1v) is 9.22. The number of carbonyl (C=O) groups excluding carboxylic acids is 2. The second kappa shape index (κ2) is 9.07. The van der Waals surface area contributed by atoms with Crippen LogP contribution in [0, 0.1) is 6.92 Å². The lowest BCUT2D eigenvalue weighted by molar-refractivity contribution is -0.117. The van der Waals surface area contributed by atoms with E-state index in [-0.39, 0.29) is 11.9 Å². The Labute approximate surface area is 159 Å². The van der Waals surface area contributed by atoms with Gasteiger partial charge in [0.15, 0.2) is 0 Å². The first-order valence-electron chi connectivity index (χ1n) is 9.22. The Kier molecular flexibility index (Phi) is 6.30. The van der Waals surface area contributed by atoms with Crippen LogP contribution in [-0.2, 0) is 11.3 Å². The van der Waals surface area contributed by atoms with Crippen molar-refractivity contribution in [2.75, 3.05) is 24.6 Å². The molecule has 2 N–H and O–H groups in total. The molecule has 1 saturated heterocycles. The van der Waals surface area contributed by atoms with Crippen molar-refractivity contribution in [3.63, 3.8) is 0 Å². The van der Waals surface area contributed by atoms with Crippen molar-refractivity contribution >= 4 is 17.6 Å². The zero-order chi connectivity index (χ0) is 19.1. The summed E-state index contributed by atoms with van der Waals surface area (Å²) in [6.45, 7) is 4.07. The number of benzene rings is 2. The Hall–Kier alpha value is -3.02. The van der Waals surface area contributed by atoms with Gasteiger partial charge in [-0.2, -0.15) is 0 Å². The summed E-state index contributed by atoms with van der Waals surface area (Å²) in [5.41, 5.74) is 3.08. The van der Waals surface area contributed by atoms with Gasteiger partial charge in [0, 0.05) is 25.2 Å². The van der Waals surface area contributed by atoms with Crippen LogP contribution in [0.2, 0.25) is 0 Å². The quantitative estimate of drug-likeness (QED) is 0.739. The number of ether oxygens (including phenoxy) is 1. The van der Waals surface area contributed by atoms with E-state index in [4.69, 9.17) is 4.74 Å². The molecule has 0 radical (unpaired) electrons. The first kappa shape index (κ1) is 18.8. The normalized spacial score (nSPS) is 13.5. The van der Waals surface area contributed by atoms with Gasteiger partial charge in [0.25, 0.3) is 0 Å². The number of urea groups is 1. The van der Waals surface area contributed by atoms with Gasteiger partial charge < -0.3 is 20.3 Å². The van der Waals surface area contributed by atoms with Crippen LogP contribution in [0.1, 0.15) is 24.0 Å². The van der Waals surface area contributed by atoms with Crippen LogP contribution in [0.25, 0.3) is 0 Å². The van der Waals surface area contributed by atoms with E-state index < -0.39 is 0 Å². The molecule has 27 heavy (non-hydrogen) atoms. The molecule has 1 heterocycles. The topological polar surface area (TPSA) is 70.7 Å². The van der Waals surface area contributed by atoms with Gasteiger partial charge in [0.2, 0.25) is 5.91 Å². The lowest BCUT2D eigenvalue weighted by Gasteiger charge is -2.16. The SMILES string of the molecule is Cc1ccc(OCCNC(=O)NCc2ccc(N3CCCC3=O)cc2)cc1. The highest BCUT2D eigenvalue weighted by Crippen LogP contribution is 2.21. The maximum absolute atomic E-state index is 11.9. The molecule has 2 aromatic carbocycles. The number of amides is 3. The molecule has 0 bridgehead atoms. The fourth-order valence-corrected chi connectivity index (χ4v) is 2.93. The molecule has 6 heteroatoms. The van der Waals surface area contributed by atoms with Gasteiger partial charge in [-0.1, -0.05) is 29.8 Å². The van der Waals surface area contributed by atoms with Gasteiger partial charge in [-0.15, -0.1) is 0 Å². The summed E-state index contributed by atoms with van der Waals surface area (Å²) in [5.74, 6) is 0.965. The Bertz CT molecular complexity index is 772. The summed E-state index contributed by atoms with van der Waals surface area (Å²) in [6, 6.07) is 15.3. The van der Waals surface area contributed by atoms with Crippen LogP contribution in [-0.4, -0.2) is 31.6 Å². The molecule has 1 aliphatic rings. The highest BCUT2D eigenvalue weighted by atomic mass is 16.5. The third kappa shape index (κ3) is 5.48. The number of rotatable bonds is 7. The van der Waals surface area contributed by atoms with Crippen molar-refractivity contribution in [2.24, 2.45) is 0 Å². The maximum atomic E-state index is 11.9. The third-order valence-electron chi connectivity index (χ3n) is 4.45. The monoisotopic (exact) mass is 367 g/mol. The third-order valence-corrected chi connectivity index (χ3v) is 4.45. The van der Waals surface area contributed by atoms with Crippen LogP contribution >= 0.6 is 0 Å². The van der Waals surface area contributed by atoms with E-state index in [9.17, 15) is 9.59 Å². The van der Waals surface area contributed by atoms with Crippen molar-refractivity contribution in [3.8, 4) is 5.75 Å². The van der Waals surface area contributed by atoms with Crippen LogP contribution < -0.4 is 20.3 Å². The Balaban J connectivity index is 1.35. The van der Waals surface area contributed by atoms with Gasteiger partial charge in [-0.3, -0.25) is 4.79 Å². The predicted octanol–water partition coefficient (Wildman–Crippen LogP) is 3.00. The van der Waals surface area contributed by atoms with E-state index in [1.54, 1.807) is 4.90 Å². The molecule has 3 rings (SSSR count). The second-order valence-electron chi connectivity index (χ2n) is 6.59.